The molecule has 0 aliphatic heterocycles. The molecule has 5 nitrogen and oxygen atoms in total. The van der Waals surface area contributed by atoms with Crippen molar-refractivity contribution in [3.63, 3.8) is 0 Å². The van der Waals surface area contributed by atoms with Crippen LogP contribution in [0.2, 0.25) is 0 Å². The molecule has 0 N–H and O–H groups in total. The summed E-state index contributed by atoms with van der Waals surface area (Å²) in [6.45, 7) is 8.00. The highest BCUT2D eigenvalue weighted by atomic mass is 32.3. The lowest BCUT2D eigenvalue weighted by molar-refractivity contribution is 0.215. The number of alkyl halides is 2. The molecular formula is C32H37F2NO4S2. The van der Waals surface area contributed by atoms with Crippen molar-refractivity contribution in [3.05, 3.63) is 107 Å². The largest absolute Gasteiger partial charge is 0.277 e. The van der Waals surface area contributed by atoms with E-state index < -0.39 is 32.0 Å². The standard InChI is InChI=1S/C32H37F2NO4S2/c1-5-6-7-10-15-27(24-30(31(33)34)25-20-22-26(23-21-25)32(2,3)4)35(40(36,37)28-16-11-8-12-17-28)41(38,39)29-18-13-9-14-19-29/h8-9,11-14,16-23,31H,5-7,10,15H2,1-4H3. The number of sulfonamides is 2. The number of hydrogen-bond donors (Lipinski definition) is 0. The fourth-order valence-electron chi connectivity index (χ4n) is 4.27. The summed E-state index contributed by atoms with van der Waals surface area (Å²) in [5.74, 6) is 0. The third-order valence-corrected chi connectivity index (χ3v) is 10.8. The first kappa shape index (κ1) is 32.3. The van der Waals surface area contributed by atoms with E-state index in [2.05, 4.69) is 5.73 Å². The Morgan fingerprint density at radius 3 is 1.66 bits per heavy atom. The summed E-state index contributed by atoms with van der Waals surface area (Å²) >= 11 is 0. The minimum absolute atomic E-state index is 0.0889. The Labute approximate surface area is 243 Å². The van der Waals surface area contributed by atoms with Gasteiger partial charge in [-0.3, -0.25) is 0 Å². The summed E-state index contributed by atoms with van der Waals surface area (Å²) in [7, 11) is -9.48. The van der Waals surface area contributed by atoms with Crippen molar-refractivity contribution in [2.45, 2.75) is 81.4 Å². The van der Waals surface area contributed by atoms with E-state index in [9.17, 15) is 25.6 Å². The van der Waals surface area contributed by atoms with E-state index >= 15 is 0 Å². The van der Waals surface area contributed by atoms with Crippen LogP contribution in [0.15, 0.2) is 106 Å². The number of halogens is 2. The van der Waals surface area contributed by atoms with Gasteiger partial charge in [-0.05, 0) is 53.6 Å². The van der Waals surface area contributed by atoms with Crippen LogP contribution in [0.5, 0.6) is 0 Å². The predicted octanol–water partition coefficient (Wildman–Crippen LogP) is 8.17. The molecule has 220 valence electrons. The minimum Gasteiger partial charge on any atom is -0.204 e. The number of benzene rings is 3. The maximum atomic E-state index is 14.6. The number of hydrogen-bond acceptors (Lipinski definition) is 4. The fourth-order valence-corrected chi connectivity index (χ4v) is 8.06. The summed E-state index contributed by atoms with van der Waals surface area (Å²) in [4.78, 5) is -0.555. The summed E-state index contributed by atoms with van der Waals surface area (Å²) < 4.78 is 85.5. The Balaban J connectivity index is 2.37. The molecule has 0 unspecified atom stereocenters. The summed E-state index contributed by atoms with van der Waals surface area (Å²) in [5.41, 5.74) is 2.53. The Bertz CT molecular complexity index is 1500. The molecule has 0 aliphatic rings. The number of unbranched alkanes of at least 4 members (excludes halogenated alkanes) is 3. The molecule has 0 heterocycles. The van der Waals surface area contributed by atoms with Gasteiger partial charge in [0.2, 0.25) is 0 Å². The lowest BCUT2D eigenvalue weighted by Crippen LogP contribution is -2.36. The van der Waals surface area contributed by atoms with Crippen molar-refractivity contribution >= 4 is 25.6 Å². The smallest absolute Gasteiger partial charge is 0.204 e. The molecule has 0 spiro atoms. The van der Waals surface area contributed by atoms with Gasteiger partial charge in [0.15, 0.2) is 0 Å². The van der Waals surface area contributed by atoms with Gasteiger partial charge in [-0.15, -0.1) is 0 Å². The van der Waals surface area contributed by atoms with Crippen molar-refractivity contribution in [2.75, 3.05) is 0 Å². The van der Waals surface area contributed by atoms with Crippen LogP contribution >= 0.6 is 0 Å². The number of allylic oxidation sites excluding steroid dienone is 1. The van der Waals surface area contributed by atoms with Crippen LogP contribution in [0, 0.1) is 0 Å². The van der Waals surface area contributed by atoms with Gasteiger partial charge in [0, 0.05) is 0 Å². The molecule has 3 aromatic rings. The van der Waals surface area contributed by atoms with Gasteiger partial charge < -0.3 is 0 Å². The first-order chi connectivity index (χ1) is 19.3. The molecule has 0 amide bonds. The molecule has 0 saturated carbocycles. The maximum absolute atomic E-state index is 14.6. The second-order valence-electron chi connectivity index (χ2n) is 10.8. The van der Waals surface area contributed by atoms with Gasteiger partial charge >= 0.3 is 0 Å². The van der Waals surface area contributed by atoms with Gasteiger partial charge in [0.05, 0.1) is 21.1 Å². The van der Waals surface area contributed by atoms with Gasteiger partial charge in [-0.1, -0.05) is 113 Å². The highest BCUT2D eigenvalue weighted by Gasteiger charge is 2.38. The molecule has 0 saturated heterocycles. The van der Waals surface area contributed by atoms with E-state index in [1.807, 2.05) is 27.7 Å². The van der Waals surface area contributed by atoms with E-state index in [4.69, 9.17) is 0 Å². The molecule has 3 aromatic carbocycles. The molecule has 0 atom stereocenters. The van der Waals surface area contributed by atoms with Crippen molar-refractivity contribution in [1.82, 2.24) is 3.71 Å². The van der Waals surface area contributed by atoms with Crippen LogP contribution in [0.3, 0.4) is 0 Å². The van der Waals surface area contributed by atoms with E-state index in [-0.39, 0.29) is 32.9 Å². The normalized spacial score (nSPS) is 12.2. The third kappa shape index (κ3) is 7.94. The topological polar surface area (TPSA) is 71.5 Å². The monoisotopic (exact) mass is 601 g/mol. The van der Waals surface area contributed by atoms with Crippen molar-refractivity contribution in [2.24, 2.45) is 0 Å². The zero-order valence-electron chi connectivity index (χ0n) is 23.8. The second-order valence-corrected chi connectivity index (χ2v) is 14.6. The van der Waals surface area contributed by atoms with E-state index in [0.717, 1.165) is 18.4 Å². The highest BCUT2D eigenvalue weighted by Crippen LogP contribution is 2.33. The predicted molar refractivity (Wildman–Crippen MR) is 159 cm³/mol. The quantitative estimate of drug-likeness (QED) is 0.155. The van der Waals surface area contributed by atoms with E-state index in [1.165, 1.54) is 60.7 Å². The second kappa shape index (κ2) is 13.6. The molecule has 0 radical (unpaired) electrons. The van der Waals surface area contributed by atoms with Gasteiger partial charge in [-0.25, -0.2) is 25.6 Å². The Morgan fingerprint density at radius 1 is 0.756 bits per heavy atom. The molecule has 0 bridgehead atoms. The van der Waals surface area contributed by atoms with E-state index in [0.29, 0.717) is 16.6 Å². The Kier molecular flexibility index (Phi) is 10.7. The first-order valence-electron chi connectivity index (χ1n) is 13.6. The molecule has 3 rings (SSSR count). The van der Waals surface area contributed by atoms with Crippen molar-refractivity contribution in [3.8, 4) is 0 Å². The SMILES string of the molecule is CCCCCCC(=C=C(c1ccc(C(C)(C)C)cc1)C(F)F)N(S(=O)(=O)c1ccccc1)S(=O)(=O)c1ccccc1. The summed E-state index contributed by atoms with van der Waals surface area (Å²) in [5, 5.41) is 0. The lowest BCUT2D eigenvalue weighted by Gasteiger charge is -2.26. The minimum atomic E-state index is -4.74. The molecular weight excluding hydrogens is 564 g/mol. The Hall–Kier alpha value is -3.26. The van der Waals surface area contributed by atoms with Crippen LogP contribution in [0.4, 0.5) is 8.78 Å². The molecule has 0 aliphatic carbocycles. The van der Waals surface area contributed by atoms with Crippen LogP contribution in [0.25, 0.3) is 5.57 Å². The number of nitrogens with zero attached hydrogens (tertiary/aromatic N) is 1. The highest BCUT2D eigenvalue weighted by molar-refractivity contribution is 8.04. The van der Waals surface area contributed by atoms with Gasteiger partial charge in [0.1, 0.15) is 0 Å². The summed E-state index contributed by atoms with van der Waals surface area (Å²) in [6.07, 6.45) is -0.372. The van der Waals surface area contributed by atoms with Crippen LogP contribution < -0.4 is 0 Å². The van der Waals surface area contributed by atoms with Crippen LogP contribution in [-0.2, 0) is 25.5 Å². The van der Waals surface area contributed by atoms with Gasteiger partial charge in [0.25, 0.3) is 26.5 Å². The fraction of sp³-hybridized carbons (Fsp3) is 0.344. The molecule has 9 heteroatoms. The van der Waals surface area contributed by atoms with Crippen LogP contribution in [-0.4, -0.2) is 27.0 Å². The molecule has 0 fully saturated rings. The molecule has 0 aromatic heterocycles. The van der Waals surface area contributed by atoms with Crippen molar-refractivity contribution in [1.29, 1.82) is 0 Å². The maximum Gasteiger partial charge on any atom is 0.277 e. The average molecular weight is 602 g/mol. The zero-order chi connectivity index (χ0) is 30.3. The third-order valence-electron chi connectivity index (χ3n) is 6.57. The Morgan fingerprint density at radius 2 is 1.24 bits per heavy atom. The van der Waals surface area contributed by atoms with E-state index in [1.54, 1.807) is 24.3 Å². The van der Waals surface area contributed by atoms with Crippen molar-refractivity contribution < 1.29 is 25.6 Å². The number of rotatable bonds is 12. The first-order valence-corrected chi connectivity index (χ1v) is 16.5. The molecule has 41 heavy (non-hydrogen) atoms. The lowest BCUT2D eigenvalue weighted by atomic mass is 9.86. The van der Waals surface area contributed by atoms with Crippen LogP contribution in [0.1, 0.15) is 70.9 Å². The zero-order valence-corrected chi connectivity index (χ0v) is 25.5. The average Bonchev–Trinajstić information content (AvgIpc) is 2.94. The summed E-state index contributed by atoms with van der Waals surface area (Å²) in [6, 6.07) is 20.8. The van der Waals surface area contributed by atoms with Gasteiger partial charge in [-0.2, -0.15) is 3.71 Å².